The van der Waals surface area contributed by atoms with E-state index >= 15 is 0 Å². The fourth-order valence-electron chi connectivity index (χ4n) is 9.14. The molecule has 2 rings (SSSR count). The van der Waals surface area contributed by atoms with E-state index in [0.717, 1.165) is 109 Å². The molecule has 2 aliphatic heterocycles. The lowest BCUT2D eigenvalue weighted by Crippen LogP contribution is -2.61. The Kier molecular flexibility index (Phi) is 46.1. The van der Waals surface area contributed by atoms with Crippen LogP contribution in [0, 0.1) is 0 Å². The topological polar surface area (TPSA) is 214 Å². The molecule has 0 amide bonds. The first-order chi connectivity index (χ1) is 38.6. The molecule has 14 nitrogen and oxygen atoms in total. The van der Waals surface area contributed by atoms with E-state index in [0.29, 0.717) is 13.0 Å². The van der Waals surface area contributed by atoms with Crippen molar-refractivity contribution in [1.82, 2.24) is 0 Å². The van der Waals surface area contributed by atoms with Gasteiger partial charge in [-0.25, -0.2) is 0 Å². The van der Waals surface area contributed by atoms with Gasteiger partial charge in [-0.2, -0.15) is 0 Å². The summed E-state index contributed by atoms with van der Waals surface area (Å²) < 4.78 is 34.4. The highest BCUT2D eigenvalue weighted by Gasteiger charge is 2.47. The van der Waals surface area contributed by atoms with Gasteiger partial charge in [0, 0.05) is 13.0 Å². The third-order valence-electron chi connectivity index (χ3n) is 14.1. The highest BCUT2D eigenvalue weighted by molar-refractivity contribution is 5.69. The molecule has 0 bridgehead atoms. The number of aliphatic hydroxyl groups excluding tert-OH is 7. The van der Waals surface area contributed by atoms with Crippen molar-refractivity contribution in [2.24, 2.45) is 0 Å². The van der Waals surface area contributed by atoms with Crippen LogP contribution in [-0.4, -0.2) is 142 Å². The molecule has 2 aliphatic rings. The summed E-state index contributed by atoms with van der Waals surface area (Å²) in [5.41, 5.74) is 0. The van der Waals surface area contributed by atoms with Gasteiger partial charge in [0.25, 0.3) is 0 Å². The number of ether oxygens (including phenoxy) is 6. The first-order valence-corrected chi connectivity index (χ1v) is 30.8. The molecule has 2 saturated heterocycles. The summed E-state index contributed by atoms with van der Waals surface area (Å²) in [4.78, 5) is 13.1. The van der Waals surface area contributed by atoms with Crippen LogP contribution in [0.5, 0.6) is 0 Å². The molecule has 2 fully saturated rings. The largest absolute Gasteiger partial charge is 0.457 e. The summed E-state index contributed by atoms with van der Waals surface area (Å²) in [5.74, 6) is -0.392. The maximum Gasteiger partial charge on any atom is 0.306 e. The molecule has 0 aromatic carbocycles. The Labute approximate surface area is 477 Å². The van der Waals surface area contributed by atoms with E-state index in [4.69, 9.17) is 28.4 Å². The molecule has 11 unspecified atom stereocenters. The van der Waals surface area contributed by atoms with Crippen LogP contribution in [0.3, 0.4) is 0 Å². The second-order valence-electron chi connectivity index (χ2n) is 21.1. The number of rotatable bonds is 49. The third kappa shape index (κ3) is 36.9. The van der Waals surface area contributed by atoms with Crippen LogP contribution in [0.1, 0.15) is 206 Å². The van der Waals surface area contributed by atoms with E-state index in [9.17, 15) is 40.5 Å². The number of esters is 1. The van der Waals surface area contributed by atoms with E-state index in [1.807, 2.05) is 0 Å². The number of hydrogen-bond acceptors (Lipinski definition) is 14. The molecule has 0 aromatic rings. The van der Waals surface area contributed by atoms with Crippen LogP contribution >= 0.6 is 0 Å². The molecule has 0 spiro atoms. The Hall–Kier alpha value is -3.09. The second-order valence-corrected chi connectivity index (χ2v) is 21.1. The monoisotopic (exact) mass is 1110 g/mol. The zero-order valence-corrected chi connectivity index (χ0v) is 48.8. The van der Waals surface area contributed by atoms with Gasteiger partial charge in [0.1, 0.15) is 54.9 Å². The van der Waals surface area contributed by atoms with Crippen molar-refractivity contribution in [1.29, 1.82) is 0 Å². The first kappa shape index (κ1) is 72.0. The normalized spacial score (nSPS) is 24.7. The Morgan fingerprint density at radius 2 is 0.823 bits per heavy atom. The van der Waals surface area contributed by atoms with E-state index in [1.54, 1.807) is 0 Å². The van der Waals surface area contributed by atoms with E-state index < -0.39 is 86.7 Å². The van der Waals surface area contributed by atoms with Crippen molar-refractivity contribution in [2.75, 3.05) is 33.0 Å². The molecule has 454 valence electrons. The molecule has 0 saturated carbocycles. The Morgan fingerprint density at radius 1 is 0.430 bits per heavy atom. The summed E-state index contributed by atoms with van der Waals surface area (Å²) >= 11 is 0. The minimum atomic E-state index is -1.72. The van der Waals surface area contributed by atoms with Gasteiger partial charge >= 0.3 is 5.97 Å². The van der Waals surface area contributed by atoms with Crippen molar-refractivity contribution < 1.29 is 69.0 Å². The molecule has 14 heteroatoms. The van der Waals surface area contributed by atoms with Gasteiger partial charge in [-0.3, -0.25) is 4.79 Å². The van der Waals surface area contributed by atoms with Gasteiger partial charge in [0.2, 0.25) is 0 Å². The number of hydrogen-bond donors (Lipinski definition) is 7. The smallest absolute Gasteiger partial charge is 0.306 e. The SMILES string of the molecule is CC/C=C\C/C=C\C/C=C\C/C=C\C/C=C\CCCCCCCCOCC(COC1OC(COC2OC(CO)C(O)C(O)C2O)C(O)C(O)C1O)OC(=O)CCCCCCCCCC/C=C\C/C=C\C/C=C\CCCCCCC. The Morgan fingerprint density at radius 3 is 1.29 bits per heavy atom. The quantitative estimate of drug-likeness (QED) is 0.0172. The van der Waals surface area contributed by atoms with Gasteiger partial charge in [-0.1, -0.05) is 201 Å². The number of carbonyl (C=O) groups is 1. The molecular weight excluding hydrogens is 1000 g/mol. The third-order valence-corrected chi connectivity index (χ3v) is 14.1. The number of unbranched alkanes of at least 4 members (excludes halogenated alkanes) is 19. The van der Waals surface area contributed by atoms with E-state index in [-0.39, 0.29) is 19.6 Å². The molecule has 11 atom stereocenters. The average molecular weight is 1120 g/mol. The molecule has 0 aromatic heterocycles. The molecule has 0 radical (unpaired) electrons. The zero-order valence-electron chi connectivity index (χ0n) is 48.8. The van der Waals surface area contributed by atoms with Crippen molar-refractivity contribution in [2.45, 2.75) is 274 Å². The lowest BCUT2D eigenvalue weighted by atomic mass is 9.98. The molecular formula is C65H110O14. The molecule has 7 N–H and O–H groups in total. The summed E-state index contributed by atoms with van der Waals surface area (Å²) in [6.45, 7) is 3.52. The van der Waals surface area contributed by atoms with Gasteiger partial charge in [0.15, 0.2) is 12.6 Å². The molecule has 2 heterocycles. The summed E-state index contributed by atoms with van der Waals surface area (Å²) in [6.07, 6.45) is 51.7. The number of aliphatic hydroxyl groups is 7. The van der Waals surface area contributed by atoms with Gasteiger partial charge < -0.3 is 64.2 Å². The fraction of sp³-hybridized carbons (Fsp3) is 0.738. The van der Waals surface area contributed by atoms with Gasteiger partial charge in [-0.15, -0.1) is 0 Å². The predicted molar refractivity (Wildman–Crippen MR) is 316 cm³/mol. The van der Waals surface area contributed by atoms with Crippen LogP contribution in [0.15, 0.2) is 97.2 Å². The van der Waals surface area contributed by atoms with Crippen molar-refractivity contribution >= 4 is 5.97 Å². The standard InChI is InChI=1S/C65H110O14/c1-3-5-7-9-11-13-15-17-19-21-23-25-27-28-30-32-34-36-38-40-42-44-46-48-57(67)77-54(51-74-49-47-45-43-41-39-37-35-33-31-29-26-24-22-20-18-16-14-12-10-8-6-4-2)52-75-64-63(73)61(71)59(69)56(79-64)53-76-65-62(72)60(70)58(68)55(50-66)78-65/h6,8,12,14-15,17-18,20-21,23-24,26-28,31,33,54-56,58-66,68-73H,3-5,7,9-11,13,16,19,22,25,29-30,32,34-53H2,1-2H3/b8-6-,14-12-,17-15-,20-18-,23-21-,26-24-,28-27-,33-31-. The van der Waals surface area contributed by atoms with Crippen LogP contribution < -0.4 is 0 Å². The van der Waals surface area contributed by atoms with Crippen molar-refractivity contribution in [3.8, 4) is 0 Å². The lowest BCUT2D eigenvalue weighted by Gasteiger charge is -2.42. The Balaban J connectivity index is 1.71. The van der Waals surface area contributed by atoms with Crippen LogP contribution in [0.4, 0.5) is 0 Å². The first-order valence-electron chi connectivity index (χ1n) is 30.8. The van der Waals surface area contributed by atoms with Gasteiger partial charge in [0.05, 0.1) is 26.4 Å². The molecule has 79 heavy (non-hydrogen) atoms. The van der Waals surface area contributed by atoms with Gasteiger partial charge in [-0.05, 0) is 96.3 Å². The maximum absolute atomic E-state index is 13.1. The minimum absolute atomic E-state index is 0.0423. The van der Waals surface area contributed by atoms with Crippen molar-refractivity contribution in [3.63, 3.8) is 0 Å². The number of allylic oxidation sites excluding steroid dienone is 16. The molecule has 0 aliphatic carbocycles. The number of carbonyl (C=O) groups excluding carboxylic acids is 1. The van der Waals surface area contributed by atoms with E-state index in [2.05, 4.69) is 111 Å². The summed E-state index contributed by atoms with van der Waals surface area (Å²) in [7, 11) is 0. The maximum atomic E-state index is 13.1. The van der Waals surface area contributed by atoms with Crippen LogP contribution in [0.2, 0.25) is 0 Å². The minimum Gasteiger partial charge on any atom is -0.457 e. The summed E-state index contributed by atoms with van der Waals surface area (Å²) in [5, 5.41) is 72.5. The predicted octanol–water partition coefficient (Wildman–Crippen LogP) is 11.7. The lowest BCUT2D eigenvalue weighted by molar-refractivity contribution is -0.332. The zero-order chi connectivity index (χ0) is 57.2. The van der Waals surface area contributed by atoms with Crippen LogP contribution in [-0.2, 0) is 33.2 Å². The highest BCUT2D eigenvalue weighted by atomic mass is 16.7. The Bertz CT molecular complexity index is 1670. The second kappa shape index (κ2) is 50.6. The highest BCUT2D eigenvalue weighted by Crippen LogP contribution is 2.27. The summed E-state index contributed by atoms with van der Waals surface area (Å²) in [6, 6.07) is 0. The van der Waals surface area contributed by atoms with E-state index in [1.165, 1.54) is 70.6 Å². The van der Waals surface area contributed by atoms with Crippen LogP contribution in [0.25, 0.3) is 0 Å². The fourth-order valence-corrected chi connectivity index (χ4v) is 9.14. The van der Waals surface area contributed by atoms with Crippen molar-refractivity contribution in [3.05, 3.63) is 97.2 Å². The average Bonchev–Trinajstić information content (AvgIpc) is 3.46.